The lowest BCUT2D eigenvalue weighted by molar-refractivity contribution is 0.413. The van der Waals surface area contributed by atoms with Crippen LogP contribution in [-0.4, -0.2) is 16.5 Å². The summed E-state index contributed by atoms with van der Waals surface area (Å²) in [5.74, 6) is 0.924. The summed E-state index contributed by atoms with van der Waals surface area (Å²) in [6, 6.07) is 15.3. The van der Waals surface area contributed by atoms with E-state index in [2.05, 4.69) is 6.08 Å². The number of nitrogens with zero attached hydrogens (tertiary/aromatic N) is 2. The van der Waals surface area contributed by atoms with E-state index in [9.17, 15) is 4.79 Å². The maximum atomic E-state index is 12.0. The molecule has 1 aliphatic rings. The van der Waals surface area contributed by atoms with E-state index < -0.39 is 0 Å². The predicted octanol–water partition coefficient (Wildman–Crippen LogP) is 6.70. The Morgan fingerprint density at radius 1 is 1.06 bits per heavy atom. The maximum absolute atomic E-state index is 12.0. The van der Waals surface area contributed by atoms with E-state index in [1.165, 1.54) is 24.8 Å². The van der Waals surface area contributed by atoms with Crippen LogP contribution in [0.2, 0.25) is 10.0 Å². The number of benzene rings is 2. The van der Waals surface area contributed by atoms with E-state index in [0.717, 1.165) is 40.6 Å². The van der Waals surface area contributed by atoms with Gasteiger partial charge in [-0.3, -0.25) is 9.48 Å². The van der Waals surface area contributed by atoms with Crippen molar-refractivity contribution in [3.63, 3.8) is 0 Å². The third kappa shape index (κ3) is 5.25. The third-order valence-corrected chi connectivity index (χ3v) is 6.07. The minimum absolute atomic E-state index is 0.160. The van der Waals surface area contributed by atoms with Gasteiger partial charge in [0.2, 0.25) is 0 Å². The van der Waals surface area contributed by atoms with Gasteiger partial charge in [-0.2, -0.15) is 0 Å². The molecule has 0 saturated heterocycles. The minimum Gasteiger partial charge on any atom is -0.496 e. The second-order valence-corrected chi connectivity index (χ2v) is 8.22. The Labute approximate surface area is 193 Å². The van der Waals surface area contributed by atoms with Crippen LogP contribution in [-0.2, 0) is 13.5 Å². The number of para-hydroxylation sites is 1. The summed E-state index contributed by atoms with van der Waals surface area (Å²) in [4.78, 5) is 12.0. The number of aromatic nitrogens is 2. The van der Waals surface area contributed by atoms with Crippen LogP contribution in [0.25, 0.3) is 11.3 Å². The number of rotatable bonds is 4. The molecule has 164 valence electrons. The average molecular weight is 459 g/mol. The normalized spacial score (nSPS) is 13.3. The molecule has 0 atom stereocenters. The molecule has 4 nitrogen and oxygen atoms in total. The topological polar surface area (TPSA) is 36.2 Å². The molecule has 1 heterocycles. The van der Waals surface area contributed by atoms with Crippen molar-refractivity contribution in [1.29, 1.82) is 0 Å². The van der Waals surface area contributed by atoms with Crippen molar-refractivity contribution in [1.82, 2.24) is 9.36 Å². The molecule has 6 heteroatoms. The number of allylic oxidation sites excluding steroid dienone is 2. The molecule has 0 spiro atoms. The molecule has 0 aliphatic heterocycles. The quantitative estimate of drug-likeness (QED) is 0.435. The maximum Gasteiger partial charge on any atom is 0.290 e. The fourth-order valence-corrected chi connectivity index (χ4v) is 4.38. The summed E-state index contributed by atoms with van der Waals surface area (Å²) in [6.45, 7) is 1.98. The summed E-state index contributed by atoms with van der Waals surface area (Å²) >= 11 is 12.0. The van der Waals surface area contributed by atoms with Crippen LogP contribution >= 0.6 is 23.2 Å². The molecular weight excluding hydrogens is 431 g/mol. The SMILES string of the molecule is CCc1c(Cl)c(=O)n(-c2ccccc2)n1C.COc1ccc(Cl)cc1C1=CCCCC1. The van der Waals surface area contributed by atoms with Gasteiger partial charge in [0.25, 0.3) is 5.56 Å². The van der Waals surface area contributed by atoms with Crippen molar-refractivity contribution in [3.8, 4) is 11.4 Å². The number of halogens is 2. The molecule has 31 heavy (non-hydrogen) atoms. The lowest BCUT2D eigenvalue weighted by Gasteiger charge is -2.16. The van der Waals surface area contributed by atoms with Gasteiger partial charge in [0.05, 0.1) is 18.5 Å². The van der Waals surface area contributed by atoms with Gasteiger partial charge >= 0.3 is 0 Å². The first kappa shape index (κ1) is 23.2. The Hall–Kier alpha value is -2.43. The van der Waals surface area contributed by atoms with Gasteiger partial charge in [-0.15, -0.1) is 0 Å². The molecule has 1 aliphatic carbocycles. The van der Waals surface area contributed by atoms with Crippen LogP contribution in [0.1, 0.15) is 43.9 Å². The van der Waals surface area contributed by atoms with Crippen LogP contribution in [0, 0.1) is 0 Å². The molecule has 0 fully saturated rings. The van der Waals surface area contributed by atoms with E-state index in [1.807, 2.05) is 62.5 Å². The Balaban J connectivity index is 0.000000176. The Morgan fingerprint density at radius 2 is 1.81 bits per heavy atom. The second-order valence-electron chi connectivity index (χ2n) is 7.41. The molecular formula is C25H28Cl2N2O2. The van der Waals surface area contributed by atoms with E-state index >= 15 is 0 Å². The van der Waals surface area contributed by atoms with Crippen molar-refractivity contribution >= 4 is 28.8 Å². The lowest BCUT2D eigenvalue weighted by Crippen LogP contribution is -2.19. The Bertz CT molecular complexity index is 1110. The number of methoxy groups -OCH3 is 1. The summed E-state index contributed by atoms with van der Waals surface area (Å²) in [5.41, 5.74) is 4.06. The predicted molar refractivity (Wildman–Crippen MR) is 130 cm³/mol. The zero-order chi connectivity index (χ0) is 22.4. The Morgan fingerprint density at radius 3 is 2.39 bits per heavy atom. The highest BCUT2D eigenvalue weighted by atomic mass is 35.5. The molecule has 0 radical (unpaired) electrons. The largest absolute Gasteiger partial charge is 0.496 e. The molecule has 0 saturated carbocycles. The third-order valence-electron chi connectivity index (χ3n) is 5.46. The molecule has 0 amide bonds. The molecule has 0 N–H and O–H groups in total. The first-order valence-corrected chi connectivity index (χ1v) is 11.3. The summed E-state index contributed by atoms with van der Waals surface area (Å²) in [6.07, 6.45) is 7.91. The number of hydrogen-bond donors (Lipinski definition) is 0. The number of hydrogen-bond acceptors (Lipinski definition) is 2. The summed E-state index contributed by atoms with van der Waals surface area (Å²) in [7, 11) is 3.55. The summed E-state index contributed by atoms with van der Waals surface area (Å²) < 4.78 is 8.74. The molecule has 2 aromatic carbocycles. The zero-order valence-corrected chi connectivity index (χ0v) is 19.7. The molecule has 0 bridgehead atoms. The van der Waals surface area contributed by atoms with Gasteiger partial charge in [0.1, 0.15) is 10.8 Å². The highest BCUT2D eigenvalue weighted by Crippen LogP contribution is 2.34. The first-order valence-electron chi connectivity index (χ1n) is 10.5. The van der Waals surface area contributed by atoms with Crippen LogP contribution in [0.3, 0.4) is 0 Å². The van der Waals surface area contributed by atoms with Crippen LogP contribution in [0.15, 0.2) is 59.4 Å². The van der Waals surface area contributed by atoms with E-state index in [1.54, 1.807) is 16.5 Å². The molecule has 1 aromatic heterocycles. The fraction of sp³-hybridized carbons (Fsp3) is 0.320. The van der Waals surface area contributed by atoms with Crippen LogP contribution < -0.4 is 10.3 Å². The Kier molecular flexibility index (Phi) is 8.05. The molecule has 0 unspecified atom stereocenters. The van der Waals surface area contributed by atoms with E-state index in [-0.39, 0.29) is 5.56 Å². The highest BCUT2D eigenvalue weighted by Gasteiger charge is 2.15. The highest BCUT2D eigenvalue weighted by molar-refractivity contribution is 6.31. The number of ether oxygens (including phenoxy) is 1. The van der Waals surface area contributed by atoms with Gasteiger partial charge < -0.3 is 4.74 Å². The van der Waals surface area contributed by atoms with Crippen LogP contribution in [0.5, 0.6) is 5.75 Å². The van der Waals surface area contributed by atoms with Gasteiger partial charge in [-0.25, -0.2) is 4.68 Å². The second kappa shape index (κ2) is 10.7. The van der Waals surface area contributed by atoms with Crippen molar-refractivity contribution < 1.29 is 4.74 Å². The van der Waals surface area contributed by atoms with Gasteiger partial charge in [-0.05, 0) is 68.0 Å². The van der Waals surface area contributed by atoms with Gasteiger partial charge in [-0.1, -0.05) is 54.4 Å². The minimum atomic E-state index is -0.160. The van der Waals surface area contributed by atoms with E-state index in [0.29, 0.717) is 5.02 Å². The molecule has 3 aromatic rings. The standard InChI is InChI=1S/C13H15ClO.C12H13ClN2O/c1-15-13-8-7-11(14)9-12(13)10-5-3-2-4-6-10;1-3-10-11(13)12(16)15(14(10)2)9-7-5-4-6-8-9/h5,7-9H,2-4,6H2,1H3;4-8H,3H2,1-2H3. The van der Waals surface area contributed by atoms with Crippen molar-refractivity contribution in [2.45, 2.75) is 39.0 Å². The lowest BCUT2D eigenvalue weighted by atomic mass is 9.93. The van der Waals surface area contributed by atoms with Gasteiger partial charge in [0, 0.05) is 17.6 Å². The van der Waals surface area contributed by atoms with Crippen molar-refractivity contribution in [2.24, 2.45) is 7.05 Å². The van der Waals surface area contributed by atoms with Crippen LogP contribution in [0.4, 0.5) is 0 Å². The summed E-state index contributed by atoms with van der Waals surface area (Å²) in [5, 5.41) is 1.09. The zero-order valence-electron chi connectivity index (χ0n) is 18.2. The van der Waals surface area contributed by atoms with E-state index in [4.69, 9.17) is 27.9 Å². The monoisotopic (exact) mass is 458 g/mol. The fourth-order valence-electron chi connectivity index (χ4n) is 3.87. The first-order chi connectivity index (χ1) is 15.0. The van der Waals surface area contributed by atoms with Crippen molar-refractivity contribution in [3.05, 3.63) is 86.3 Å². The van der Waals surface area contributed by atoms with Gasteiger partial charge in [0.15, 0.2) is 0 Å². The molecule has 4 rings (SSSR count). The van der Waals surface area contributed by atoms with Crippen molar-refractivity contribution in [2.75, 3.05) is 7.11 Å². The smallest absolute Gasteiger partial charge is 0.290 e. The average Bonchev–Trinajstić information content (AvgIpc) is 3.02.